The zero-order valence-corrected chi connectivity index (χ0v) is 12.6. The Labute approximate surface area is 124 Å². The second-order valence-electron chi connectivity index (χ2n) is 4.80. The SMILES string of the molecule is C=CCOc1ccc(CN(C)CC(C)C(=O)O)cc1Cl. The first-order chi connectivity index (χ1) is 9.43. The number of halogens is 1. The van der Waals surface area contributed by atoms with E-state index in [4.69, 9.17) is 21.4 Å². The summed E-state index contributed by atoms with van der Waals surface area (Å²) < 4.78 is 5.40. The van der Waals surface area contributed by atoms with Gasteiger partial charge in [-0.3, -0.25) is 4.79 Å². The molecule has 1 unspecified atom stereocenters. The van der Waals surface area contributed by atoms with E-state index in [1.165, 1.54) is 0 Å². The number of hydrogen-bond acceptors (Lipinski definition) is 3. The van der Waals surface area contributed by atoms with Crippen LogP contribution in [-0.4, -0.2) is 36.2 Å². The summed E-state index contributed by atoms with van der Waals surface area (Å²) >= 11 is 6.13. The molecule has 0 aliphatic carbocycles. The summed E-state index contributed by atoms with van der Waals surface area (Å²) in [4.78, 5) is 12.8. The maximum absolute atomic E-state index is 10.8. The number of ether oxygens (including phenoxy) is 1. The van der Waals surface area contributed by atoms with Crippen LogP contribution in [0.3, 0.4) is 0 Å². The van der Waals surface area contributed by atoms with Gasteiger partial charge in [0.05, 0.1) is 10.9 Å². The maximum Gasteiger partial charge on any atom is 0.307 e. The highest BCUT2D eigenvalue weighted by Crippen LogP contribution is 2.26. The summed E-state index contributed by atoms with van der Waals surface area (Å²) in [6.45, 7) is 6.81. The highest BCUT2D eigenvalue weighted by Gasteiger charge is 2.14. The van der Waals surface area contributed by atoms with Crippen LogP contribution in [0.2, 0.25) is 5.02 Å². The lowest BCUT2D eigenvalue weighted by molar-refractivity contribution is -0.141. The normalized spacial score (nSPS) is 12.2. The molecule has 0 saturated carbocycles. The van der Waals surface area contributed by atoms with Crippen molar-refractivity contribution in [3.63, 3.8) is 0 Å². The smallest absolute Gasteiger partial charge is 0.307 e. The Morgan fingerprint density at radius 3 is 2.85 bits per heavy atom. The standard InChI is InChI=1S/C15H20ClNO3/c1-4-7-20-14-6-5-12(8-13(14)16)10-17(3)9-11(2)15(18)19/h4-6,8,11H,1,7,9-10H2,2-3H3,(H,18,19). The fourth-order valence-electron chi connectivity index (χ4n) is 1.83. The van der Waals surface area contributed by atoms with Crippen molar-refractivity contribution < 1.29 is 14.6 Å². The molecule has 1 aromatic rings. The van der Waals surface area contributed by atoms with Crippen molar-refractivity contribution in [3.8, 4) is 5.75 Å². The average Bonchev–Trinajstić information content (AvgIpc) is 2.37. The molecule has 0 spiro atoms. The Bertz CT molecular complexity index is 476. The van der Waals surface area contributed by atoms with Crippen LogP contribution >= 0.6 is 11.6 Å². The van der Waals surface area contributed by atoms with Crippen LogP contribution < -0.4 is 4.74 Å². The minimum atomic E-state index is -0.789. The zero-order valence-electron chi connectivity index (χ0n) is 11.8. The van der Waals surface area contributed by atoms with Crippen LogP contribution in [-0.2, 0) is 11.3 Å². The molecule has 1 N–H and O–H groups in total. The molecule has 0 amide bonds. The topological polar surface area (TPSA) is 49.8 Å². The molecule has 1 rings (SSSR count). The number of carboxylic acids is 1. The van der Waals surface area contributed by atoms with Gasteiger partial charge in [-0.05, 0) is 24.7 Å². The Kier molecular flexibility index (Phi) is 6.55. The molecule has 4 nitrogen and oxygen atoms in total. The van der Waals surface area contributed by atoms with Gasteiger partial charge in [0, 0.05) is 13.1 Å². The van der Waals surface area contributed by atoms with E-state index in [0.717, 1.165) is 5.56 Å². The molecular weight excluding hydrogens is 278 g/mol. The van der Waals surface area contributed by atoms with E-state index >= 15 is 0 Å². The van der Waals surface area contributed by atoms with Crippen molar-refractivity contribution in [3.05, 3.63) is 41.4 Å². The van der Waals surface area contributed by atoms with E-state index < -0.39 is 11.9 Å². The molecular formula is C15H20ClNO3. The molecule has 0 saturated heterocycles. The third-order valence-electron chi connectivity index (χ3n) is 2.81. The molecule has 0 heterocycles. The summed E-state index contributed by atoms with van der Waals surface area (Å²) in [5, 5.41) is 9.43. The maximum atomic E-state index is 10.8. The molecule has 0 aliphatic rings. The second kappa shape index (κ2) is 7.92. The minimum absolute atomic E-state index is 0.398. The predicted octanol–water partition coefficient (Wildman–Crippen LogP) is 3.06. The molecule has 5 heteroatoms. The van der Waals surface area contributed by atoms with Gasteiger partial charge in [-0.15, -0.1) is 0 Å². The lowest BCUT2D eigenvalue weighted by atomic mass is 10.1. The number of aliphatic carboxylic acids is 1. The monoisotopic (exact) mass is 297 g/mol. The van der Waals surface area contributed by atoms with Crippen molar-refractivity contribution in [2.75, 3.05) is 20.2 Å². The molecule has 1 atom stereocenters. The van der Waals surface area contributed by atoms with Crippen LogP contribution in [0.4, 0.5) is 0 Å². The van der Waals surface area contributed by atoms with E-state index in [1.54, 1.807) is 13.0 Å². The van der Waals surface area contributed by atoms with Gasteiger partial charge in [-0.25, -0.2) is 0 Å². The zero-order chi connectivity index (χ0) is 15.1. The summed E-state index contributed by atoms with van der Waals surface area (Å²) in [6.07, 6.45) is 1.66. The van der Waals surface area contributed by atoms with Crippen molar-refractivity contribution in [2.45, 2.75) is 13.5 Å². The van der Waals surface area contributed by atoms with E-state index in [2.05, 4.69) is 6.58 Å². The van der Waals surface area contributed by atoms with Gasteiger partial charge >= 0.3 is 5.97 Å². The number of hydrogen-bond donors (Lipinski definition) is 1. The van der Waals surface area contributed by atoms with Gasteiger partial charge in [-0.1, -0.05) is 37.2 Å². The van der Waals surface area contributed by atoms with Crippen LogP contribution in [0, 0.1) is 5.92 Å². The molecule has 110 valence electrons. The van der Waals surface area contributed by atoms with E-state index in [1.807, 2.05) is 30.1 Å². The minimum Gasteiger partial charge on any atom is -0.488 e. The lowest BCUT2D eigenvalue weighted by Crippen LogP contribution is -2.28. The first-order valence-corrected chi connectivity index (χ1v) is 6.75. The third kappa shape index (κ3) is 5.23. The molecule has 0 fully saturated rings. The highest BCUT2D eigenvalue weighted by molar-refractivity contribution is 6.32. The molecule has 0 aliphatic heterocycles. The summed E-state index contributed by atoms with van der Waals surface area (Å²) in [6, 6.07) is 5.57. The summed E-state index contributed by atoms with van der Waals surface area (Å²) in [5.74, 6) is -0.564. The van der Waals surface area contributed by atoms with E-state index in [9.17, 15) is 4.79 Å². The average molecular weight is 298 g/mol. The van der Waals surface area contributed by atoms with Crippen LogP contribution in [0.25, 0.3) is 0 Å². The highest BCUT2D eigenvalue weighted by atomic mass is 35.5. The van der Waals surface area contributed by atoms with Gasteiger partial charge in [0.15, 0.2) is 0 Å². The van der Waals surface area contributed by atoms with Gasteiger partial charge < -0.3 is 14.7 Å². The molecule has 20 heavy (non-hydrogen) atoms. The van der Waals surface area contributed by atoms with Gasteiger partial charge in [0.25, 0.3) is 0 Å². The number of rotatable bonds is 8. The van der Waals surface area contributed by atoms with Crippen molar-refractivity contribution in [1.29, 1.82) is 0 Å². The van der Waals surface area contributed by atoms with Gasteiger partial charge in [0.2, 0.25) is 0 Å². The second-order valence-corrected chi connectivity index (χ2v) is 5.21. The van der Waals surface area contributed by atoms with Crippen LogP contribution in [0.1, 0.15) is 12.5 Å². The van der Waals surface area contributed by atoms with Gasteiger partial charge in [-0.2, -0.15) is 0 Å². The first kappa shape index (κ1) is 16.5. The number of benzene rings is 1. The largest absolute Gasteiger partial charge is 0.488 e. The number of carbonyl (C=O) groups is 1. The quantitative estimate of drug-likeness (QED) is 0.749. The Hall–Kier alpha value is -1.52. The van der Waals surface area contributed by atoms with Crippen molar-refractivity contribution in [2.24, 2.45) is 5.92 Å². The summed E-state index contributed by atoms with van der Waals surface area (Å²) in [5.41, 5.74) is 1.01. The Morgan fingerprint density at radius 2 is 2.30 bits per heavy atom. The Balaban J connectivity index is 2.62. The van der Waals surface area contributed by atoms with Crippen LogP contribution in [0.15, 0.2) is 30.9 Å². The molecule has 0 aromatic heterocycles. The fourth-order valence-corrected chi connectivity index (χ4v) is 2.09. The fraction of sp³-hybridized carbons (Fsp3) is 0.400. The van der Waals surface area contributed by atoms with Crippen LogP contribution in [0.5, 0.6) is 5.75 Å². The predicted molar refractivity (Wildman–Crippen MR) is 80.3 cm³/mol. The van der Waals surface area contributed by atoms with E-state index in [-0.39, 0.29) is 0 Å². The number of carboxylic acid groups (broad SMARTS) is 1. The molecule has 0 bridgehead atoms. The molecule has 0 radical (unpaired) electrons. The first-order valence-electron chi connectivity index (χ1n) is 6.37. The van der Waals surface area contributed by atoms with Crippen molar-refractivity contribution in [1.82, 2.24) is 4.90 Å². The number of nitrogens with zero attached hydrogens (tertiary/aromatic N) is 1. The third-order valence-corrected chi connectivity index (χ3v) is 3.11. The Morgan fingerprint density at radius 1 is 1.60 bits per heavy atom. The van der Waals surface area contributed by atoms with Gasteiger partial charge in [0.1, 0.15) is 12.4 Å². The molecule has 1 aromatic carbocycles. The van der Waals surface area contributed by atoms with E-state index in [0.29, 0.717) is 30.5 Å². The lowest BCUT2D eigenvalue weighted by Gasteiger charge is -2.19. The van der Waals surface area contributed by atoms with Crippen molar-refractivity contribution >= 4 is 17.6 Å². The summed E-state index contributed by atoms with van der Waals surface area (Å²) in [7, 11) is 1.88.